The summed E-state index contributed by atoms with van der Waals surface area (Å²) in [6.45, 7) is 2.54. The first-order chi connectivity index (χ1) is 6.38. The fourth-order valence-corrected chi connectivity index (χ4v) is 0.917. The molecule has 0 atom stereocenters. The molecular weight excluding hydrogens is 190 g/mol. The van der Waals surface area contributed by atoms with Crippen molar-refractivity contribution in [2.24, 2.45) is 0 Å². The minimum Gasteiger partial charge on any atom is -0.501 e. The zero-order valence-electron chi connectivity index (χ0n) is 7.20. The van der Waals surface area contributed by atoms with Crippen LogP contribution in [0.5, 0.6) is 0 Å². The van der Waals surface area contributed by atoms with Crippen LogP contribution in [0, 0.1) is 0 Å². The average Bonchev–Trinajstić information content (AvgIpc) is 2.19. The van der Waals surface area contributed by atoms with E-state index in [1.807, 2.05) is 6.92 Å². The van der Waals surface area contributed by atoms with E-state index in [4.69, 9.17) is 16.5 Å². The third-order valence-corrected chi connectivity index (χ3v) is 1.52. The normalized spacial score (nSPS) is 10.3. The van der Waals surface area contributed by atoms with Gasteiger partial charge in [0.15, 0.2) is 5.82 Å². The Morgan fingerprint density at radius 3 is 3.23 bits per heavy atom. The smallest absolute Gasteiger partial charge is 0.151 e. The van der Waals surface area contributed by atoms with Gasteiger partial charge in [0.25, 0.3) is 0 Å². The summed E-state index contributed by atoms with van der Waals surface area (Å²) in [5, 5.41) is 0. The summed E-state index contributed by atoms with van der Waals surface area (Å²) in [4.78, 5) is 10.2. The molecule has 0 saturated carbocycles. The van der Waals surface area contributed by atoms with Gasteiger partial charge in [0.1, 0.15) is 6.33 Å². The fourth-order valence-electron chi connectivity index (χ4n) is 0.759. The lowest BCUT2D eigenvalue weighted by atomic mass is 10.3. The highest BCUT2D eigenvalue weighted by Crippen LogP contribution is 2.12. The molecule has 0 amide bonds. The largest absolute Gasteiger partial charge is 0.501 e. The maximum atomic E-state index is 5.43. The van der Waals surface area contributed by atoms with E-state index in [0.29, 0.717) is 12.4 Å². The van der Waals surface area contributed by atoms with E-state index in [2.05, 4.69) is 14.8 Å². The van der Waals surface area contributed by atoms with Crippen molar-refractivity contribution < 1.29 is 4.74 Å². The average molecular weight is 200 g/mol. The van der Waals surface area contributed by atoms with Gasteiger partial charge >= 0.3 is 0 Å². The molecule has 0 aliphatic carbocycles. The van der Waals surface area contributed by atoms with Gasteiger partial charge in [-0.2, -0.15) is 0 Å². The predicted octanol–water partition coefficient (Wildman–Crippen LogP) is 2.05. The van der Waals surface area contributed by atoms with Gasteiger partial charge in [-0.25, -0.2) is 9.97 Å². The fraction of sp³-hybridized carbons (Fsp3) is 0.250. The number of nitrogens with one attached hydrogen (secondary N) is 1. The van der Waals surface area contributed by atoms with Crippen LogP contribution in [0.4, 0.5) is 5.82 Å². The van der Waals surface area contributed by atoms with Crippen LogP contribution >= 0.6 is 11.8 Å². The molecule has 0 bridgehead atoms. The molecule has 70 valence electrons. The van der Waals surface area contributed by atoms with E-state index >= 15 is 0 Å². The molecule has 1 aromatic heterocycles. The maximum Gasteiger partial charge on any atom is 0.151 e. The Balaban J connectivity index is 2.74. The van der Waals surface area contributed by atoms with Crippen LogP contribution < -0.4 is 4.84 Å². The maximum absolute atomic E-state index is 5.43. The van der Waals surface area contributed by atoms with Gasteiger partial charge in [-0.15, -0.1) is 0 Å². The number of ether oxygens (including phenoxy) is 1. The number of nitrogens with zero attached hydrogens (tertiary/aromatic N) is 2. The van der Waals surface area contributed by atoms with Gasteiger partial charge in [-0.3, -0.25) is 4.84 Å². The van der Waals surface area contributed by atoms with Crippen LogP contribution in [-0.4, -0.2) is 16.6 Å². The van der Waals surface area contributed by atoms with Crippen molar-refractivity contribution in [3.05, 3.63) is 24.3 Å². The van der Waals surface area contributed by atoms with Crippen molar-refractivity contribution in [2.75, 3.05) is 11.4 Å². The minimum absolute atomic E-state index is 0.563. The molecule has 1 N–H and O–H groups in total. The highest BCUT2D eigenvalue weighted by Gasteiger charge is 1.97. The van der Waals surface area contributed by atoms with Crippen LogP contribution in [0.3, 0.4) is 0 Å². The lowest BCUT2D eigenvalue weighted by Crippen LogP contribution is -1.91. The molecule has 1 rings (SSSR count). The Morgan fingerprint density at radius 1 is 1.69 bits per heavy atom. The highest BCUT2D eigenvalue weighted by molar-refractivity contribution is 6.24. The standard InChI is InChI=1S/C8H10ClN3O/c1-2-13-4-3-7-5-10-6-11-8(7)12-9/h3-6H,2H2,1H3,(H,10,11,12)/b4-3+. The van der Waals surface area contributed by atoms with E-state index in [9.17, 15) is 0 Å². The van der Waals surface area contributed by atoms with Gasteiger partial charge in [0.05, 0.1) is 12.9 Å². The third-order valence-electron chi connectivity index (χ3n) is 1.34. The van der Waals surface area contributed by atoms with Gasteiger partial charge in [0.2, 0.25) is 0 Å². The zero-order valence-corrected chi connectivity index (χ0v) is 7.95. The van der Waals surface area contributed by atoms with E-state index in [1.54, 1.807) is 18.5 Å². The number of hydrogen-bond acceptors (Lipinski definition) is 4. The molecule has 0 aliphatic heterocycles. The van der Waals surface area contributed by atoms with E-state index in [0.717, 1.165) is 5.56 Å². The molecule has 1 heterocycles. The van der Waals surface area contributed by atoms with Crippen molar-refractivity contribution in [1.82, 2.24) is 9.97 Å². The summed E-state index contributed by atoms with van der Waals surface area (Å²) in [6, 6.07) is 0. The quantitative estimate of drug-likeness (QED) is 0.596. The predicted molar refractivity (Wildman–Crippen MR) is 52.2 cm³/mol. The first-order valence-electron chi connectivity index (χ1n) is 3.83. The summed E-state index contributed by atoms with van der Waals surface area (Å²) in [5.41, 5.74) is 0.783. The molecular formula is C8H10ClN3O. The third kappa shape index (κ3) is 2.91. The first-order valence-corrected chi connectivity index (χ1v) is 4.21. The lowest BCUT2D eigenvalue weighted by molar-refractivity contribution is 0.272. The van der Waals surface area contributed by atoms with Gasteiger partial charge < -0.3 is 4.74 Å². The number of hydrogen-bond donors (Lipinski definition) is 1. The van der Waals surface area contributed by atoms with Crippen LogP contribution in [0.25, 0.3) is 6.08 Å². The number of halogens is 1. The second-order valence-corrected chi connectivity index (χ2v) is 2.37. The summed E-state index contributed by atoms with van der Waals surface area (Å²) in [6.07, 6.45) is 6.39. The Bertz CT molecular complexity index is 290. The zero-order chi connectivity index (χ0) is 9.52. The second-order valence-electron chi connectivity index (χ2n) is 2.18. The summed E-state index contributed by atoms with van der Waals surface area (Å²) in [7, 11) is 0. The van der Waals surface area contributed by atoms with Crippen LogP contribution in [-0.2, 0) is 4.74 Å². The number of rotatable bonds is 4. The summed E-state index contributed by atoms with van der Waals surface area (Å²) in [5.74, 6) is 0.563. The SMILES string of the molecule is CCO/C=C/c1cncnc1NCl. The van der Waals surface area contributed by atoms with Crippen molar-refractivity contribution in [1.29, 1.82) is 0 Å². The van der Waals surface area contributed by atoms with Crippen LogP contribution in [0.1, 0.15) is 12.5 Å². The Morgan fingerprint density at radius 2 is 2.54 bits per heavy atom. The Labute approximate surface area is 81.7 Å². The first kappa shape index (κ1) is 9.80. The highest BCUT2D eigenvalue weighted by atomic mass is 35.5. The molecule has 4 nitrogen and oxygen atoms in total. The van der Waals surface area contributed by atoms with Crippen molar-refractivity contribution in [3.63, 3.8) is 0 Å². The van der Waals surface area contributed by atoms with E-state index in [-0.39, 0.29) is 0 Å². The molecule has 0 saturated heterocycles. The van der Waals surface area contributed by atoms with Crippen molar-refractivity contribution in [2.45, 2.75) is 6.92 Å². The molecule has 0 spiro atoms. The minimum atomic E-state index is 0.563. The molecule has 0 fully saturated rings. The van der Waals surface area contributed by atoms with E-state index in [1.165, 1.54) is 6.33 Å². The second kappa shape index (κ2) is 5.37. The molecule has 5 heteroatoms. The van der Waals surface area contributed by atoms with Crippen molar-refractivity contribution >= 4 is 23.7 Å². The summed E-state index contributed by atoms with van der Waals surface area (Å²) >= 11 is 5.43. The molecule has 0 radical (unpaired) electrons. The number of anilines is 1. The molecule has 0 aromatic carbocycles. The molecule has 0 unspecified atom stereocenters. The van der Waals surface area contributed by atoms with Gasteiger partial charge in [-0.05, 0) is 13.0 Å². The topological polar surface area (TPSA) is 47.0 Å². The van der Waals surface area contributed by atoms with Crippen LogP contribution in [0.2, 0.25) is 0 Å². The van der Waals surface area contributed by atoms with Gasteiger partial charge in [-0.1, -0.05) is 0 Å². The molecule has 13 heavy (non-hydrogen) atoms. The number of aromatic nitrogens is 2. The molecule has 1 aromatic rings. The monoisotopic (exact) mass is 199 g/mol. The Hall–Kier alpha value is -1.29. The van der Waals surface area contributed by atoms with E-state index < -0.39 is 0 Å². The molecule has 0 aliphatic rings. The van der Waals surface area contributed by atoms with Crippen molar-refractivity contribution in [3.8, 4) is 0 Å². The summed E-state index contributed by atoms with van der Waals surface area (Å²) < 4.78 is 5.03. The Kier molecular flexibility index (Phi) is 4.05. The van der Waals surface area contributed by atoms with Crippen LogP contribution in [0.15, 0.2) is 18.8 Å². The van der Waals surface area contributed by atoms with Gasteiger partial charge in [0, 0.05) is 23.5 Å². The lowest BCUT2D eigenvalue weighted by Gasteiger charge is -1.99.